The van der Waals surface area contributed by atoms with E-state index in [0.29, 0.717) is 23.7 Å². The molecule has 3 rings (SSSR count). The smallest absolute Gasteiger partial charge is 0.306 e. The fourth-order valence-electron chi connectivity index (χ4n) is 2.88. The van der Waals surface area contributed by atoms with Crippen molar-refractivity contribution in [2.24, 2.45) is 0 Å². The van der Waals surface area contributed by atoms with E-state index < -0.39 is 15.9 Å². The molecule has 2 aromatic rings. The van der Waals surface area contributed by atoms with Gasteiger partial charge in [0.15, 0.2) is 15.0 Å². The number of hydrogen-bond acceptors (Lipinski definition) is 5. The predicted molar refractivity (Wildman–Crippen MR) is 95.4 cm³/mol. The Kier molecular flexibility index (Phi) is 4.86. The summed E-state index contributed by atoms with van der Waals surface area (Å²) < 4.78 is 25.8. The number of hydrogen-bond donors (Lipinski definition) is 2. The second-order valence-corrected chi connectivity index (χ2v) is 8.96. The van der Waals surface area contributed by atoms with E-state index in [0.717, 1.165) is 18.4 Å². The monoisotopic (exact) mass is 365 g/mol. The zero-order chi connectivity index (χ0) is 17.2. The van der Waals surface area contributed by atoms with E-state index in [-0.39, 0.29) is 10.1 Å². The third-order valence-corrected chi connectivity index (χ3v) is 7.07. The molecule has 1 saturated carbocycles. The molecule has 2 amide bonds. The lowest BCUT2D eigenvalue weighted by molar-refractivity contribution is 0.262. The van der Waals surface area contributed by atoms with Crippen LogP contribution in [0.4, 0.5) is 15.6 Å². The number of benzene rings is 1. The predicted octanol–water partition coefficient (Wildman–Crippen LogP) is 3.81. The van der Waals surface area contributed by atoms with E-state index in [1.54, 1.807) is 29.8 Å². The average molecular weight is 365 g/mol. The van der Waals surface area contributed by atoms with Crippen molar-refractivity contribution in [1.82, 2.24) is 4.98 Å². The third-order valence-electron chi connectivity index (χ3n) is 4.09. The number of urea groups is 1. The van der Waals surface area contributed by atoms with Crippen LogP contribution >= 0.6 is 11.3 Å². The molecule has 1 aliphatic carbocycles. The molecule has 0 bridgehead atoms. The van der Waals surface area contributed by atoms with Crippen molar-refractivity contribution in [2.45, 2.75) is 42.8 Å². The Morgan fingerprint density at radius 2 is 2.00 bits per heavy atom. The minimum atomic E-state index is -3.46. The average Bonchev–Trinajstić information content (AvgIpc) is 3.22. The number of nitrogens with zero attached hydrogens (tertiary/aromatic N) is 1. The fourth-order valence-corrected chi connectivity index (χ4v) is 5.50. The lowest BCUT2D eigenvalue weighted by Crippen LogP contribution is -2.23. The van der Waals surface area contributed by atoms with Crippen molar-refractivity contribution in [3.8, 4) is 0 Å². The molecule has 0 atom stereocenters. The summed E-state index contributed by atoms with van der Waals surface area (Å²) in [4.78, 5) is 16.3. The van der Waals surface area contributed by atoms with Crippen LogP contribution in [0.15, 0.2) is 34.7 Å². The normalized spacial score (nSPS) is 15.4. The van der Waals surface area contributed by atoms with Crippen molar-refractivity contribution >= 4 is 38.0 Å². The second-order valence-electron chi connectivity index (χ2n) is 5.87. The third kappa shape index (κ3) is 3.59. The summed E-state index contributed by atoms with van der Waals surface area (Å²) in [5.74, 6) is 0. The first-order chi connectivity index (χ1) is 11.5. The number of aromatic nitrogens is 1. The Labute approximate surface area is 145 Å². The summed E-state index contributed by atoms with van der Waals surface area (Å²) in [7, 11) is -3.46. The highest BCUT2D eigenvalue weighted by molar-refractivity contribution is 7.92. The molecule has 128 valence electrons. The first-order valence-corrected chi connectivity index (χ1v) is 10.2. The minimum Gasteiger partial charge on any atom is -0.306 e. The Morgan fingerprint density at radius 3 is 2.67 bits per heavy atom. The number of carbonyl (C=O) groups excluding carboxylic acids is 1. The van der Waals surface area contributed by atoms with Gasteiger partial charge in [0, 0.05) is 11.6 Å². The number of thiazole rings is 1. The quantitative estimate of drug-likeness (QED) is 0.862. The number of amides is 2. The van der Waals surface area contributed by atoms with Gasteiger partial charge in [0.05, 0.1) is 15.8 Å². The second kappa shape index (κ2) is 6.90. The first-order valence-electron chi connectivity index (χ1n) is 7.79. The molecule has 1 heterocycles. The molecule has 0 radical (unpaired) electrons. The van der Waals surface area contributed by atoms with Gasteiger partial charge in [-0.15, -0.1) is 11.3 Å². The molecule has 1 fully saturated rings. The van der Waals surface area contributed by atoms with Crippen LogP contribution < -0.4 is 10.6 Å². The Balaban J connectivity index is 1.87. The number of nitrogens with one attached hydrogen (secondary N) is 2. The molecule has 1 aromatic carbocycles. The molecule has 24 heavy (non-hydrogen) atoms. The van der Waals surface area contributed by atoms with Gasteiger partial charge in [0.1, 0.15) is 0 Å². The van der Waals surface area contributed by atoms with E-state index >= 15 is 0 Å². The van der Waals surface area contributed by atoms with Crippen LogP contribution in [-0.4, -0.2) is 24.7 Å². The van der Waals surface area contributed by atoms with Crippen molar-refractivity contribution in [3.63, 3.8) is 0 Å². The topological polar surface area (TPSA) is 88.2 Å². The number of sulfone groups is 1. The van der Waals surface area contributed by atoms with Crippen LogP contribution in [0.2, 0.25) is 0 Å². The summed E-state index contributed by atoms with van der Waals surface area (Å²) in [5.41, 5.74) is 1.15. The highest BCUT2D eigenvalue weighted by atomic mass is 32.2. The zero-order valence-electron chi connectivity index (χ0n) is 13.3. The van der Waals surface area contributed by atoms with Gasteiger partial charge in [-0.1, -0.05) is 18.9 Å². The van der Waals surface area contributed by atoms with Crippen molar-refractivity contribution in [3.05, 3.63) is 35.3 Å². The lowest BCUT2D eigenvalue weighted by atomic mass is 10.2. The maximum atomic E-state index is 12.9. The molecule has 1 aromatic heterocycles. The number of rotatable bonds is 4. The zero-order valence-corrected chi connectivity index (χ0v) is 14.9. The van der Waals surface area contributed by atoms with Gasteiger partial charge in [-0.05, 0) is 37.5 Å². The maximum Gasteiger partial charge on any atom is 0.325 e. The number of carbonyl (C=O) groups is 1. The molecule has 2 N–H and O–H groups in total. The molecular formula is C16H19N3O3S2. The number of aryl methyl sites for hydroxylation is 1. The Bertz CT molecular complexity index is 826. The van der Waals surface area contributed by atoms with Crippen LogP contribution in [0.1, 0.15) is 31.2 Å². The molecule has 6 nitrogen and oxygen atoms in total. The molecule has 0 aliphatic heterocycles. The molecule has 8 heteroatoms. The van der Waals surface area contributed by atoms with Crippen LogP contribution in [0.5, 0.6) is 0 Å². The Hall–Kier alpha value is -1.93. The molecule has 1 aliphatic rings. The lowest BCUT2D eigenvalue weighted by Gasteiger charge is -2.16. The van der Waals surface area contributed by atoms with E-state index in [1.807, 2.05) is 6.92 Å². The molecule has 0 saturated heterocycles. The largest absolute Gasteiger partial charge is 0.325 e. The van der Waals surface area contributed by atoms with Gasteiger partial charge in [0.25, 0.3) is 0 Å². The van der Waals surface area contributed by atoms with Gasteiger partial charge >= 0.3 is 6.03 Å². The summed E-state index contributed by atoms with van der Waals surface area (Å²) in [5, 5.41) is 7.09. The van der Waals surface area contributed by atoms with Crippen molar-refractivity contribution < 1.29 is 13.2 Å². The summed E-state index contributed by atoms with van der Waals surface area (Å²) in [6.45, 7) is 1.84. The first kappa shape index (κ1) is 16.9. The van der Waals surface area contributed by atoms with Crippen molar-refractivity contribution in [2.75, 3.05) is 10.6 Å². The standard InChI is InChI=1S/C16H19N3O3S2/c1-11-6-7-13(18-15(20)19-16-17-8-9-23-16)14(10-11)24(21,22)12-4-2-3-5-12/h6-10,12H,2-5H2,1H3,(H2,17,18,19,20). The van der Waals surface area contributed by atoms with Crippen molar-refractivity contribution in [1.29, 1.82) is 0 Å². The summed E-state index contributed by atoms with van der Waals surface area (Å²) in [6, 6.07) is 4.55. The Morgan fingerprint density at radius 1 is 1.25 bits per heavy atom. The van der Waals surface area contributed by atoms with E-state index in [4.69, 9.17) is 0 Å². The van der Waals surface area contributed by atoms with Gasteiger partial charge in [-0.2, -0.15) is 0 Å². The summed E-state index contributed by atoms with van der Waals surface area (Å²) in [6.07, 6.45) is 4.82. The molecular weight excluding hydrogens is 346 g/mol. The highest BCUT2D eigenvalue weighted by Crippen LogP contribution is 2.33. The van der Waals surface area contributed by atoms with E-state index in [1.165, 1.54) is 11.3 Å². The maximum absolute atomic E-state index is 12.9. The number of anilines is 2. The molecule has 0 unspecified atom stereocenters. The van der Waals surface area contributed by atoms with E-state index in [2.05, 4.69) is 15.6 Å². The van der Waals surface area contributed by atoms with Gasteiger partial charge in [0.2, 0.25) is 0 Å². The summed E-state index contributed by atoms with van der Waals surface area (Å²) >= 11 is 1.29. The van der Waals surface area contributed by atoms with Crippen LogP contribution in [0, 0.1) is 6.92 Å². The SMILES string of the molecule is Cc1ccc(NC(=O)Nc2nccs2)c(S(=O)(=O)C2CCCC2)c1. The van der Waals surface area contributed by atoms with Crippen LogP contribution in [-0.2, 0) is 9.84 Å². The van der Waals surface area contributed by atoms with Crippen LogP contribution in [0.3, 0.4) is 0 Å². The fraction of sp³-hybridized carbons (Fsp3) is 0.375. The highest BCUT2D eigenvalue weighted by Gasteiger charge is 2.32. The molecule has 0 spiro atoms. The van der Waals surface area contributed by atoms with Crippen LogP contribution in [0.25, 0.3) is 0 Å². The van der Waals surface area contributed by atoms with Gasteiger partial charge in [-0.3, -0.25) is 5.32 Å². The van der Waals surface area contributed by atoms with Gasteiger partial charge in [-0.25, -0.2) is 18.2 Å². The van der Waals surface area contributed by atoms with E-state index in [9.17, 15) is 13.2 Å². The minimum absolute atomic E-state index is 0.198. The van der Waals surface area contributed by atoms with Gasteiger partial charge < -0.3 is 5.32 Å².